The molecular formula is C18H19N7O. The first-order chi connectivity index (χ1) is 12.7. The lowest BCUT2D eigenvalue weighted by Crippen LogP contribution is -2.60. The monoisotopic (exact) mass is 349 g/mol. The zero-order valence-corrected chi connectivity index (χ0v) is 14.5. The highest BCUT2D eigenvalue weighted by molar-refractivity contribution is 5.94. The fourth-order valence-electron chi connectivity index (χ4n) is 3.31. The first-order valence-electron chi connectivity index (χ1n) is 8.85. The number of hydrogen-bond acceptors (Lipinski definition) is 6. The summed E-state index contributed by atoms with van der Waals surface area (Å²) in [7, 11) is 1.85. The van der Waals surface area contributed by atoms with E-state index in [9.17, 15) is 4.79 Å². The van der Waals surface area contributed by atoms with Crippen molar-refractivity contribution in [1.29, 1.82) is 0 Å². The summed E-state index contributed by atoms with van der Waals surface area (Å²) in [6, 6.07) is 7.60. The minimum atomic E-state index is 0.0234. The van der Waals surface area contributed by atoms with Gasteiger partial charge < -0.3 is 9.80 Å². The Morgan fingerprint density at radius 2 is 1.88 bits per heavy atom. The molecule has 0 N–H and O–H groups in total. The van der Waals surface area contributed by atoms with Crippen LogP contribution in [0.5, 0.6) is 0 Å². The van der Waals surface area contributed by atoms with Gasteiger partial charge in [0.15, 0.2) is 11.5 Å². The SMILES string of the molecule is CN(C(=O)c1ccncc1)C1CN(c2ccc3nnc(C4CC4)n3n2)C1. The van der Waals surface area contributed by atoms with E-state index in [0.717, 1.165) is 30.4 Å². The molecule has 0 spiro atoms. The van der Waals surface area contributed by atoms with Crippen molar-refractivity contribution in [1.82, 2.24) is 29.7 Å². The first kappa shape index (κ1) is 15.2. The molecule has 2 aliphatic rings. The molecule has 4 heterocycles. The van der Waals surface area contributed by atoms with Gasteiger partial charge >= 0.3 is 0 Å². The summed E-state index contributed by atoms with van der Waals surface area (Å²) in [4.78, 5) is 20.5. The minimum absolute atomic E-state index is 0.0234. The fraction of sp³-hybridized carbons (Fsp3) is 0.389. The van der Waals surface area contributed by atoms with Gasteiger partial charge in [0.1, 0.15) is 5.82 Å². The Bertz CT molecular complexity index is 960. The van der Waals surface area contributed by atoms with Gasteiger partial charge in [-0.3, -0.25) is 9.78 Å². The van der Waals surface area contributed by atoms with Crippen LogP contribution in [0, 0.1) is 0 Å². The van der Waals surface area contributed by atoms with Crippen LogP contribution in [-0.2, 0) is 0 Å². The number of carbonyl (C=O) groups excluding carboxylic acids is 1. The lowest BCUT2D eigenvalue weighted by Gasteiger charge is -2.44. The quantitative estimate of drug-likeness (QED) is 0.708. The molecule has 0 atom stereocenters. The lowest BCUT2D eigenvalue weighted by molar-refractivity contribution is 0.0705. The molecule has 0 radical (unpaired) electrons. The highest BCUT2D eigenvalue weighted by Crippen LogP contribution is 2.38. The molecule has 26 heavy (non-hydrogen) atoms. The molecule has 1 amide bonds. The molecule has 0 aromatic carbocycles. The smallest absolute Gasteiger partial charge is 0.254 e. The molecule has 1 aliphatic heterocycles. The Labute approximate surface area is 150 Å². The van der Waals surface area contributed by atoms with Gasteiger partial charge in [-0.15, -0.1) is 15.3 Å². The van der Waals surface area contributed by atoms with Crippen molar-refractivity contribution in [2.45, 2.75) is 24.8 Å². The maximum absolute atomic E-state index is 12.5. The predicted octanol–water partition coefficient (Wildman–Crippen LogP) is 1.36. The molecule has 0 bridgehead atoms. The first-order valence-corrected chi connectivity index (χ1v) is 8.85. The predicted molar refractivity (Wildman–Crippen MR) is 95.1 cm³/mol. The van der Waals surface area contributed by atoms with Gasteiger partial charge in [-0.05, 0) is 37.1 Å². The standard InChI is InChI=1S/C18H19N7O/c1-23(18(26)13-6-8-19-9-7-13)14-10-24(11-14)16-5-4-15-20-21-17(12-2-3-12)25(15)22-16/h4-9,12,14H,2-3,10-11H2,1H3. The largest absolute Gasteiger partial charge is 0.351 e. The third-order valence-electron chi connectivity index (χ3n) is 5.20. The van der Waals surface area contributed by atoms with E-state index < -0.39 is 0 Å². The number of nitrogens with zero attached hydrogens (tertiary/aromatic N) is 7. The van der Waals surface area contributed by atoms with E-state index in [4.69, 9.17) is 5.10 Å². The second-order valence-corrected chi connectivity index (χ2v) is 7.00. The Morgan fingerprint density at radius 3 is 2.62 bits per heavy atom. The number of amides is 1. The third-order valence-corrected chi connectivity index (χ3v) is 5.20. The molecule has 2 fully saturated rings. The van der Waals surface area contributed by atoms with Crippen molar-refractivity contribution in [2.24, 2.45) is 0 Å². The van der Waals surface area contributed by atoms with Crippen LogP contribution in [0.2, 0.25) is 0 Å². The maximum atomic E-state index is 12.5. The molecule has 1 aliphatic carbocycles. The highest BCUT2D eigenvalue weighted by atomic mass is 16.2. The molecule has 5 rings (SSSR count). The van der Waals surface area contributed by atoms with Crippen LogP contribution in [0.4, 0.5) is 5.82 Å². The molecule has 1 saturated heterocycles. The zero-order chi connectivity index (χ0) is 17.7. The van der Waals surface area contributed by atoms with Crippen LogP contribution in [0.3, 0.4) is 0 Å². The number of hydrogen-bond donors (Lipinski definition) is 0. The summed E-state index contributed by atoms with van der Waals surface area (Å²) in [6.07, 6.45) is 5.62. The van der Waals surface area contributed by atoms with Crippen molar-refractivity contribution < 1.29 is 4.79 Å². The minimum Gasteiger partial charge on any atom is -0.351 e. The summed E-state index contributed by atoms with van der Waals surface area (Å²) >= 11 is 0. The van der Waals surface area contributed by atoms with E-state index in [1.165, 1.54) is 12.8 Å². The highest BCUT2D eigenvalue weighted by Gasteiger charge is 2.34. The van der Waals surface area contributed by atoms with E-state index in [1.807, 2.05) is 23.7 Å². The number of anilines is 1. The molecule has 132 valence electrons. The number of likely N-dealkylation sites (N-methyl/N-ethyl adjacent to an activating group) is 1. The zero-order valence-electron chi connectivity index (χ0n) is 14.5. The average Bonchev–Trinajstić information content (AvgIpc) is 3.40. The average molecular weight is 349 g/mol. The molecule has 8 nitrogen and oxygen atoms in total. The van der Waals surface area contributed by atoms with E-state index in [2.05, 4.69) is 20.1 Å². The topological polar surface area (TPSA) is 79.5 Å². The Hall–Kier alpha value is -3.03. The van der Waals surface area contributed by atoms with Crippen LogP contribution < -0.4 is 4.90 Å². The van der Waals surface area contributed by atoms with E-state index in [0.29, 0.717) is 11.5 Å². The molecule has 3 aromatic heterocycles. The van der Waals surface area contributed by atoms with Crippen LogP contribution in [0.25, 0.3) is 5.65 Å². The summed E-state index contributed by atoms with van der Waals surface area (Å²) in [5.74, 6) is 2.39. The van der Waals surface area contributed by atoms with Gasteiger partial charge in [-0.2, -0.15) is 4.52 Å². The number of rotatable bonds is 4. The number of aromatic nitrogens is 5. The van der Waals surface area contributed by atoms with Crippen molar-refractivity contribution >= 4 is 17.4 Å². The number of pyridine rings is 1. The van der Waals surface area contributed by atoms with E-state index >= 15 is 0 Å². The molecule has 0 unspecified atom stereocenters. The Balaban J connectivity index is 1.30. The van der Waals surface area contributed by atoms with Crippen molar-refractivity contribution in [3.63, 3.8) is 0 Å². The Kier molecular flexibility index (Phi) is 3.37. The van der Waals surface area contributed by atoms with Gasteiger partial charge in [0, 0.05) is 44.0 Å². The molecule has 3 aromatic rings. The van der Waals surface area contributed by atoms with E-state index in [1.54, 1.807) is 29.4 Å². The van der Waals surface area contributed by atoms with E-state index in [-0.39, 0.29) is 11.9 Å². The maximum Gasteiger partial charge on any atom is 0.254 e. The second kappa shape index (κ2) is 5.76. The van der Waals surface area contributed by atoms with Crippen LogP contribution in [0.15, 0.2) is 36.7 Å². The summed E-state index contributed by atoms with van der Waals surface area (Å²) < 4.78 is 1.87. The van der Waals surface area contributed by atoms with Crippen LogP contribution in [0.1, 0.15) is 34.9 Å². The fourth-order valence-corrected chi connectivity index (χ4v) is 3.31. The van der Waals surface area contributed by atoms with Gasteiger partial charge in [0.05, 0.1) is 6.04 Å². The lowest BCUT2D eigenvalue weighted by atomic mass is 10.1. The Morgan fingerprint density at radius 1 is 1.12 bits per heavy atom. The van der Waals surface area contributed by atoms with Gasteiger partial charge in [-0.1, -0.05) is 0 Å². The summed E-state index contributed by atoms with van der Waals surface area (Å²) in [5.41, 5.74) is 1.46. The normalized spacial score (nSPS) is 17.3. The van der Waals surface area contributed by atoms with Crippen molar-refractivity contribution in [3.05, 3.63) is 48.0 Å². The van der Waals surface area contributed by atoms with Crippen molar-refractivity contribution in [2.75, 3.05) is 25.0 Å². The third kappa shape index (κ3) is 2.49. The van der Waals surface area contributed by atoms with Crippen LogP contribution in [-0.4, -0.2) is 61.8 Å². The second-order valence-electron chi connectivity index (χ2n) is 7.00. The van der Waals surface area contributed by atoms with Crippen LogP contribution >= 0.6 is 0 Å². The van der Waals surface area contributed by atoms with Gasteiger partial charge in [-0.25, -0.2) is 0 Å². The van der Waals surface area contributed by atoms with Crippen molar-refractivity contribution in [3.8, 4) is 0 Å². The molecule has 8 heteroatoms. The van der Waals surface area contributed by atoms with Gasteiger partial charge in [0.2, 0.25) is 0 Å². The summed E-state index contributed by atoms with van der Waals surface area (Å²) in [6.45, 7) is 1.54. The molecule has 1 saturated carbocycles. The molecular weight excluding hydrogens is 330 g/mol. The summed E-state index contributed by atoms with van der Waals surface area (Å²) in [5, 5.41) is 13.2. The van der Waals surface area contributed by atoms with Gasteiger partial charge in [0.25, 0.3) is 5.91 Å². The number of fused-ring (bicyclic) bond motifs is 1. The number of carbonyl (C=O) groups is 1.